The minimum Gasteiger partial charge on any atom is -0.398 e. The van der Waals surface area contributed by atoms with Crippen LogP contribution in [0, 0.1) is 5.82 Å². The van der Waals surface area contributed by atoms with Crippen LogP contribution < -0.4 is 5.73 Å². The Kier molecular flexibility index (Phi) is 3.75. The zero-order valence-electron chi connectivity index (χ0n) is 10.3. The van der Waals surface area contributed by atoms with E-state index in [1.807, 2.05) is 0 Å². The van der Waals surface area contributed by atoms with Crippen LogP contribution in [0.1, 0.15) is 12.8 Å². The van der Waals surface area contributed by atoms with Crippen molar-refractivity contribution in [3.63, 3.8) is 0 Å². The molecule has 19 heavy (non-hydrogen) atoms. The number of nitrogens with zero attached hydrogens (tertiary/aromatic N) is 1. The fourth-order valence-electron chi connectivity index (χ4n) is 2.10. The van der Waals surface area contributed by atoms with Gasteiger partial charge >= 0.3 is 0 Å². The lowest BCUT2D eigenvalue weighted by atomic mass is 10.3. The van der Waals surface area contributed by atoms with E-state index in [1.165, 1.54) is 4.90 Å². The van der Waals surface area contributed by atoms with Crippen molar-refractivity contribution in [3.8, 4) is 0 Å². The second kappa shape index (κ2) is 5.16. The normalized spacial score (nSPS) is 15.7. The SMILES string of the molecule is Nc1cc(F)ccc1S(=O)(=O)CC(=O)N1CCCC1. The van der Waals surface area contributed by atoms with Crippen LogP contribution in [0.25, 0.3) is 0 Å². The number of halogens is 1. The molecule has 0 unspecified atom stereocenters. The monoisotopic (exact) mass is 286 g/mol. The predicted octanol–water partition coefficient (Wildman–Crippen LogP) is 0.804. The lowest BCUT2D eigenvalue weighted by molar-refractivity contribution is -0.127. The van der Waals surface area contributed by atoms with E-state index in [4.69, 9.17) is 5.73 Å². The standard InChI is InChI=1S/C12H15FN2O3S/c13-9-3-4-11(10(14)7-9)19(17,18)8-12(16)15-5-1-2-6-15/h3-4,7H,1-2,5-6,8,14H2. The Morgan fingerprint density at radius 2 is 1.95 bits per heavy atom. The Morgan fingerprint density at radius 1 is 1.32 bits per heavy atom. The van der Waals surface area contributed by atoms with Gasteiger partial charge < -0.3 is 10.6 Å². The van der Waals surface area contributed by atoms with Gasteiger partial charge in [0.2, 0.25) is 5.91 Å². The first kappa shape index (κ1) is 13.8. The van der Waals surface area contributed by atoms with Gasteiger partial charge in [-0.3, -0.25) is 4.79 Å². The highest BCUT2D eigenvalue weighted by Crippen LogP contribution is 2.21. The first-order valence-corrected chi connectivity index (χ1v) is 7.61. The van der Waals surface area contributed by atoms with Crippen LogP contribution in [-0.2, 0) is 14.6 Å². The minimum atomic E-state index is -3.83. The van der Waals surface area contributed by atoms with Gasteiger partial charge in [0.25, 0.3) is 0 Å². The van der Waals surface area contributed by atoms with Gasteiger partial charge in [0.1, 0.15) is 11.6 Å². The Morgan fingerprint density at radius 3 is 2.53 bits per heavy atom. The first-order valence-electron chi connectivity index (χ1n) is 5.96. The third-order valence-electron chi connectivity index (χ3n) is 3.08. The van der Waals surface area contributed by atoms with Gasteiger partial charge in [0.15, 0.2) is 9.84 Å². The largest absolute Gasteiger partial charge is 0.398 e. The summed E-state index contributed by atoms with van der Waals surface area (Å²) in [4.78, 5) is 13.2. The van der Waals surface area contributed by atoms with Crippen molar-refractivity contribution in [2.24, 2.45) is 0 Å². The predicted molar refractivity (Wildman–Crippen MR) is 68.7 cm³/mol. The molecular weight excluding hydrogens is 271 g/mol. The molecule has 1 aromatic rings. The number of nitrogens with two attached hydrogens (primary N) is 1. The molecule has 0 spiro atoms. The lowest BCUT2D eigenvalue weighted by Gasteiger charge is -2.15. The fraction of sp³-hybridized carbons (Fsp3) is 0.417. The molecule has 0 bridgehead atoms. The van der Waals surface area contributed by atoms with E-state index in [9.17, 15) is 17.6 Å². The summed E-state index contributed by atoms with van der Waals surface area (Å²) in [6.07, 6.45) is 1.79. The molecule has 7 heteroatoms. The molecule has 0 aromatic heterocycles. The van der Waals surface area contributed by atoms with Crippen molar-refractivity contribution in [2.75, 3.05) is 24.6 Å². The van der Waals surface area contributed by atoms with Gasteiger partial charge in [0.05, 0.1) is 10.6 Å². The molecule has 1 heterocycles. The van der Waals surface area contributed by atoms with Gasteiger partial charge in [-0.05, 0) is 31.0 Å². The summed E-state index contributed by atoms with van der Waals surface area (Å²) in [5.74, 6) is -1.66. The third kappa shape index (κ3) is 3.04. The van der Waals surface area contributed by atoms with Gasteiger partial charge in [-0.15, -0.1) is 0 Å². The lowest BCUT2D eigenvalue weighted by Crippen LogP contribution is -2.33. The maximum absolute atomic E-state index is 12.9. The second-order valence-electron chi connectivity index (χ2n) is 4.53. The number of carbonyl (C=O) groups excluding carboxylic acids is 1. The molecule has 1 fully saturated rings. The number of anilines is 1. The topological polar surface area (TPSA) is 80.5 Å². The number of benzene rings is 1. The average molecular weight is 286 g/mol. The molecule has 104 valence electrons. The molecule has 1 saturated heterocycles. The highest BCUT2D eigenvalue weighted by atomic mass is 32.2. The van der Waals surface area contributed by atoms with Crippen molar-refractivity contribution < 1.29 is 17.6 Å². The summed E-state index contributed by atoms with van der Waals surface area (Å²) in [5, 5.41) is 0. The van der Waals surface area contributed by atoms with Crippen molar-refractivity contribution in [1.29, 1.82) is 0 Å². The van der Waals surface area contributed by atoms with E-state index in [2.05, 4.69) is 0 Å². The highest BCUT2D eigenvalue weighted by Gasteiger charge is 2.26. The summed E-state index contributed by atoms with van der Waals surface area (Å²) in [6.45, 7) is 1.18. The maximum Gasteiger partial charge on any atom is 0.238 e. The van der Waals surface area contributed by atoms with E-state index in [-0.39, 0.29) is 10.6 Å². The molecule has 1 amide bonds. The number of sulfone groups is 1. The number of carbonyl (C=O) groups is 1. The Hall–Kier alpha value is -1.63. The number of hydrogen-bond acceptors (Lipinski definition) is 4. The van der Waals surface area contributed by atoms with Crippen molar-refractivity contribution in [1.82, 2.24) is 4.90 Å². The smallest absolute Gasteiger partial charge is 0.238 e. The van der Waals surface area contributed by atoms with E-state index in [0.29, 0.717) is 13.1 Å². The molecule has 2 rings (SSSR count). The summed E-state index contributed by atoms with van der Waals surface area (Å²) < 4.78 is 37.1. The van der Waals surface area contributed by atoms with Gasteiger partial charge in [0, 0.05) is 13.1 Å². The van der Waals surface area contributed by atoms with Crippen LogP contribution in [0.2, 0.25) is 0 Å². The van der Waals surface area contributed by atoms with E-state index >= 15 is 0 Å². The molecule has 1 aliphatic rings. The van der Waals surface area contributed by atoms with E-state index in [0.717, 1.165) is 31.0 Å². The molecule has 0 atom stereocenters. The Bertz CT molecular complexity index is 595. The number of hydrogen-bond donors (Lipinski definition) is 1. The Balaban J connectivity index is 2.20. The average Bonchev–Trinajstić information content (AvgIpc) is 2.80. The Labute approximate surface area is 111 Å². The molecule has 0 radical (unpaired) electrons. The molecular formula is C12H15FN2O3S. The fourth-order valence-corrected chi connectivity index (χ4v) is 3.46. The van der Waals surface area contributed by atoms with Crippen LogP contribution in [0.3, 0.4) is 0 Å². The summed E-state index contributed by atoms with van der Waals surface area (Å²) in [7, 11) is -3.83. The highest BCUT2D eigenvalue weighted by molar-refractivity contribution is 7.92. The van der Waals surface area contributed by atoms with Crippen LogP contribution in [-0.4, -0.2) is 38.1 Å². The van der Waals surface area contributed by atoms with Crippen LogP contribution in [0.15, 0.2) is 23.1 Å². The summed E-state index contributed by atoms with van der Waals surface area (Å²) in [5.41, 5.74) is 5.32. The number of rotatable bonds is 3. The molecule has 1 aromatic carbocycles. The zero-order chi connectivity index (χ0) is 14.0. The van der Waals surface area contributed by atoms with Gasteiger partial charge in [-0.2, -0.15) is 0 Å². The zero-order valence-corrected chi connectivity index (χ0v) is 11.1. The molecule has 2 N–H and O–H groups in total. The van der Waals surface area contributed by atoms with E-state index in [1.54, 1.807) is 0 Å². The van der Waals surface area contributed by atoms with Crippen LogP contribution in [0.5, 0.6) is 0 Å². The number of likely N-dealkylation sites (tertiary alicyclic amines) is 1. The summed E-state index contributed by atoms with van der Waals surface area (Å²) >= 11 is 0. The number of nitrogen functional groups attached to an aromatic ring is 1. The van der Waals surface area contributed by atoms with Crippen LogP contribution in [0.4, 0.5) is 10.1 Å². The van der Waals surface area contributed by atoms with Crippen molar-refractivity contribution in [2.45, 2.75) is 17.7 Å². The molecule has 1 aliphatic heterocycles. The van der Waals surface area contributed by atoms with E-state index < -0.39 is 27.3 Å². The number of amides is 1. The molecule has 0 aliphatic carbocycles. The quantitative estimate of drug-likeness (QED) is 0.658. The maximum atomic E-state index is 12.9. The van der Waals surface area contributed by atoms with Gasteiger partial charge in [-0.25, -0.2) is 12.8 Å². The molecule has 0 saturated carbocycles. The molecule has 5 nitrogen and oxygen atoms in total. The summed E-state index contributed by atoms with van der Waals surface area (Å²) in [6, 6.07) is 3.05. The second-order valence-corrected chi connectivity index (χ2v) is 6.49. The first-order chi connectivity index (χ1) is 8.90. The van der Waals surface area contributed by atoms with Gasteiger partial charge in [-0.1, -0.05) is 0 Å². The van der Waals surface area contributed by atoms with Crippen molar-refractivity contribution in [3.05, 3.63) is 24.0 Å². The third-order valence-corrected chi connectivity index (χ3v) is 4.75. The van der Waals surface area contributed by atoms with Crippen LogP contribution >= 0.6 is 0 Å². The van der Waals surface area contributed by atoms with Crippen molar-refractivity contribution >= 4 is 21.4 Å². The minimum absolute atomic E-state index is 0.172.